The number of anilines is 1. The van der Waals surface area contributed by atoms with Gasteiger partial charge in [-0.2, -0.15) is 0 Å². The van der Waals surface area contributed by atoms with Crippen LogP contribution in [0.25, 0.3) is 11.0 Å². The zero-order valence-electron chi connectivity index (χ0n) is 15.6. The third kappa shape index (κ3) is 3.94. The van der Waals surface area contributed by atoms with Crippen molar-refractivity contribution in [3.05, 3.63) is 58.4 Å². The van der Waals surface area contributed by atoms with Gasteiger partial charge in [0.25, 0.3) is 0 Å². The molecule has 1 saturated heterocycles. The fourth-order valence-corrected chi connectivity index (χ4v) is 4.11. The number of hydrogen-bond acceptors (Lipinski definition) is 2. The number of benzene rings is 2. The molecule has 0 bridgehead atoms. The van der Waals surface area contributed by atoms with Crippen molar-refractivity contribution in [2.45, 2.75) is 32.6 Å². The Morgan fingerprint density at radius 2 is 2.07 bits per heavy atom. The zero-order valence-corrected chi connectivity index (χ0v) is 17.1. The normalized spacial score (nSPS) is 17.3. The summed E-state index contributed by atoms with van der Waals surface area (Å²) >= 11 is 11.7. The molecule has 0 amide bonds. The Morgan fingerprint density at radius 3 is 2.89 bits per heavy atom. The maximum Gasteiger partial charge on any atom is 0.173 e. The summed E-state index contributed by atoms with van der Waals surface area (Å²) in [6.07, 6.45) is 2.21. The van der Waals surface area contributed by atoms with Crippen LogP contribution in [-0.2, 0) is 0 Å². The molecule has 0 saturated carbocycles. The lowest BCUT2D eigenvalue weighted by Gasteiger charge is -2.33. The van der Waals surface area contributed by atoms with E-state index in [0.29, 0.717) is 10.9 Å². The molecule has 0 radical (unpaired) electrons. The molecular weight excluding hydrogens is 376 g/mol. The van der Waals surface area contributed by atoms with Crippen molar-refractivity contribution >= 4 is 45.7 Å². The largest absolute Gasteiger partial charge is 0.348 e. The average Bonchev–Trinajstić information content (AvgIpc) is 3.05. The van der Waals surface area contributed by atoms with Gasteiger partial charge in [0.1, 0.15) is 5.82 Å². The second-order valence-corrected chi connectivity index (χ2v) is 8.12. The summed E-state index contributed by atoms with van der Waals surface area (Å²) in [6.45, 7) is 6.09. The number of aromatic nitrogens is 2. The van der Waals surface area contributed by atoms with E-state index >= 15 is 0 Å². The molecule has 1 atom stereocenters. The van der Waals surface area contributed by atoms with Crippen LogP contribution in [0.3, 0.4) is 0 Å². The standard InChI is InChI=1S/C21H23ClN4S/c1-13-9-18-19(10-14(13)2)25-20(24-18)15-5-4-8-26(12-15)21(27)23-17-7-3-6-16(22)11-17/h3,6-7,9-11,15H,4-5,8,12H2,1-2H3,(H,23,27)(H,24,25)/t15-/m1/s1. The van der Waals surface area contributed by atoms with Gasteiger partial charge in [-0.25, -0.2) is 4.98 Å². The van der Waals surface area contributed by atoms with E-state index in [1.165, 1.54) is 11.1 Å². The van der Waals surface area contributed by atoms with Gasteiger partial charge in [-0.1, -0.05) is 17.7 Å². The number of H-pyrrole nitrogens is 1. The van der Waals surface area contributed by atoms with E-state index in [-0.39, 0.29) is 0 Å². The van der Waals surface area contributed by atoms with E-state index in [9.17, 15) is 0 Å². The highest BCUT2D eigenvalue weighted by Gasteiger charge is 2.25. The number of thiocarbonyl (C=S) groups is 1. The first-order valence-corrected chi connectivity index (χ1v) is 10.1. The third-order valence-electron chi connectivity index (χ3n) is 5.29. The predicted molar refractivity (Wildman–Crippen MR) is 117 cm³/mol. The number of piperidine rings is 1. The van der Waals surface area contributed by atoms with Crippen LogP contribution in [0.1, 0.15) is 35.7 Å². The molecule has 140 valence electrons. The Kier molecular flexibility index (Phi) is 5.06. The first-order chi connectivity index (χ1) is 13.0. The molecule has 6 heteroatoms. The smallest absolute Gasteiger partial charge is 0.173 e. The Bertz CT molecular complexity index is 958. The molecule has 4 nitrogen and oxygen atoms in total. The van der Waals surface area contributed by atoms with Crippen molar-refractivity contribution in [1.29, 1.82) is 0 Å². The number of likely N-dealkylation sites (tertiary alicyclic amines) is 1. The average molecular weight is 399 g/mol. The topological polar surface area (TPSA) is 44.0 Å². The zero-order chi connectivity index (χ0) is 19.0. The molecule has 1 aromatic heterocycles. The van der Waals surface area contributed by atoms with Gasteiger partial charge in [0, 0.05) is 29.7 Å². The summed E-state index contributed by atoms with van der Waals surface area (Å²) in [5, 5.41) is 4.75. The van der Waals surface area contributed by atoms with Gasteiger partial charge in [-0.05, 0) is 80.4 Å². The monoisotopic (exact) mass is 398 g/mol. The fraction of sp³-hybridized carbons (Fsp3) is 0.333. The fourth-order valence-electron chi connectivity index (χ4n) is 3.64. The van der Waals surface area contributed by atoms with Crippen molar-refractivity contribution in [3.63, 3.8) is 0 Å². The number of aryl methyl sites for hydroxylation is 2. The summed E-state index contributed by atoms with van der Waals surface area (Å²) < 4.78 is 0. The Labute approximate surface area is 169 Å². The van der Waals surface area contributed by atoms with Crippen molar-refractivity contribution in [2.24, 2.45) is 0 Å². The first-order valence-electron chi connectivity index (χ1n) is 9.28. The molecule has 0 aliphatic carbocycles. The number of hydrogen-bond donors (Lipinski definition) is 2. The van der Waals surface area contributed by atoms with E-state index in [1.54, 1.807) is 0 Å². The molecule has 4 rings (SSSR count). The van der Waals surface area contributed by atoms with Gasteiger partial charge in [0.05, 0.1) is 11.0 Å². The summed E-state index contributed by atoms with van der Waals surface area (Å²) in [5.41, 5.74) is 5.65. The molecule has 0 unspecified atom stereocenters. The molecule has 2 aromatic carbocycles. The molecule has 0 spiro atoms. The highest BCUT2D eigenvalue weighted by molar-refractivity contribution is 7.80. The third-order valence-corrected chi connectivity index (χ3v) is 5.88. The first kappa shape index (κ1) is 18.3. The van der Waals surface area contributed by atoms with E-state index < -0.39 is 0 Å². The van der Waals surface area contributed by atoms with Gasteiger partial charge < -0.3 is 15.2 Å². The Hall–Kier alpha value is -2.11. The molecule has 1 aliphatic heterocycles. The lowest BCUT2D eigenvalue weighted by Crippen LogP contribution is -2.41. The van der Waals surface area contributed by atoms with Crippen molar-refractivity contribution in [2.75, 3.05) is 18.4 Å². The minimum atomic E-state index is 0.353. The number of nitrogens with one attached hydrogen (secondary N) is 2. The van der Waals surface area contributed by atoms with E-state index in [2.05, 4.69) is 41.2 Å². The molecule has 1 fully saturated rings. The maximum absolute atomic E-state index is 6.07. The number of imidazole rings is 1. The summed E-state index contributed by atoms with van der Waals surface area (Å²) in [6, 6.07) is 12.0. The second-order valence-electron chi connectivity index (χ2n) is 7.30. The number of aromatic amines is 1. The lowest BCUT2D eigenvalue weighted by molar-refractivity contribution is 0.307. The summed E-state index contributed by atoms with van der Waals surface area (Å²) in [5.74, 6) is 1.41. The second kappa shape index (κ2) is 7.49. The SMILES string of the molecule is Cc1cc2nc([C@@H]3CCCN(C(=S)Nc4cccc(Cl)c4)C3)[nH]c2cc1C. The predicted octanol–water partition coefficient (Wildman–Crippen LogP) is 5.41. The molecule has 3 aromatic rings. The van der Waals surface area contributed by atoms with Crippen LogP contribution in [-0.4, -0.2) is 33.1 Å². The maximum atomic E-state index is 6.07. The highest BCUT2D eigenvalue weighted by atomic mass is 35.5. The van der Waals surface area contributed by atoms with Gasteiger partial charge in [-0.3, -0.25) is 0 Å². The molecule has 1 aliphatic rings. The molecule has 2 heterocycles. The van der Waals surface area contributed by atoms with Crippen LogP contribution in [0.2, 0.25) is 5.02 Å². The quantitative estimate of drug-likeness (QED) is 0.566. The Morgan fingerprint density at radius 1 is 1.26 bits per heavy atom. The number of rotatable bonds is 2. The van der Waals surface area contributed by atoms with Crippen LogP contribution >= 0.6 is 23.8 Å². The van der Waals surface area contributed by atoms with Gasteiger partial charge >= 0.3 is 0 Å². The number of fused-ring (bicyclic) bond motifs is 1. The van der Waals surface area contributed by atoms with Crippen LogP contribution in [0.5, 0.6) is 0 Å². The molecule has 27 heavy (non-hydrogen) atoms. The lowest BCUT2D eigenvalue weighted by atomic mass is 9.98. The highest BCUT2D eigenvalue weighted by Crippen LogP contribution is 2.28. The molecular formula is C21H23ClN4S. The number of nitrogens with zero attached hydrogens (tertiary/aromatic N) is 2. The van der Waals surface area contributed by atoms with Crippen molar-refractivity contribution in [1.82, 2.24) is 14.9 Å². The molecule has 2 N–H and O–H groups in total. The summed E-state index contributed by atoms with van der Waals surface area (Å²) in [7, 11) is 0. The van der Waals surface area contributed by atoms with Gasteiger partial charge in [-0.15, -0.1) is 0 Å². The van der Waals surface area contributed by atoms with Crippen LogP contribution in [0.4, 0.5) is 5.69 Å². The minimum absolute atomic E-state index is 0.353. The van der Waals surface area contributed by atoms with Gasteiger partial charge in [0.2, 0.25) is 0 Å². The van der Waals surface area contributed by atoms with Gasteiger partial charge in [0.15, 0.2) is 5.11 Å². The van der Waals surface area contributed by atoms with Crippen LogP contribution in [0.15, 0.2) is 36.4 Å². The van der Waals surface area contributed by atoms with Crippen LogP contribution in [0, 0.1) is 13.8 Å². The van der Waals surface area contributed by atoms with E-state index in [0.717, 1.165) is 53.6 Å². The van der Waals surface area contributed by atoms with E-state index in [1.807, 2.05) is 24.3 Å². The Balaban J connectivity index is 1.50. The summed E-state index contributed by atoms with van der Waals surface area (Å²) in [4.78, 5) is 10.6. The number of halogens is 1. The van der Waals surface area contributed by atoms with Crippen molar-refractivity contribution in [3.8, 4) is 0 Å². The van der Waals surface area contributed by atoms with Crippen molar-refractivity contribution < 1.29 is 0 Å². The van der Waals surface area contributed by atoms with E-state index in [4.69, 9.17) is 28.8 Å². The minimum Gasteiger partial charge on any atom is -0.348 e. The van der Waals surface area contributed by atoms with Crippen LogP contribution < -0.4 is 5.32 Å².